The highest BCUT2D eigenvalue weighted by Crippen LogP contribution is 2.36. The van der Waals surface area contributed by atoms with Crippen LogP contribution in [0.15, 0.2) is 78.9 Å². The average molecular weight is 315 g/mol. The number of carbonyl (C=O) groups excluding carboxylic acids is 1. The van der Waals surface area contributed by atoms with Crippen molar-refractivity contribution in [3.63, 3.8) is 0 Å². The highest BCUT2D eigenvalue weighted by Gasteiger charge is 2.33. The number of carbonyl (C=O) groups is 1. The maximum atomic E-state index is 13.1. The Morgan fingerprint density at radius 1 is 0.833 bits per heavy atom. The van der Waals surface area contributed by atoms with Gasteiger partial charge in [0.05, 0.1) is 5.56 Å². The van der Waals surface area contributed by atoms with Gasteiger partial charge in [-0.15, -0.1) is 0 Å². The molecule has 1 heterocycles. The molecule has 3 aromatic carbocycles. The van der Waals surface area contributed by atoms with Crippen LogP contribution in [0.3, 0.4) is 0 Å². The van der Waals surface area contributed by atoms with E-state index in [1.54, 1.807) is 4.90 Å². The number of hydrogen-bond donors (Lipinski definition) is 2. The van der Waals surface area contributed by atoms with Crippen molar-refractivity contribution in [3.05, 3.63) is 90.0 Å². The first kappa shape index (κ1) is 14.3. The summed E-state index contributed by atoms with van der Waals surface area (Å²) in [6.45, 7) is 0. The maximum Gasteiger partial charge on any atom is 0.262 e. The van der Waals surface area contributed by atoms with E-state index in [4.69, 9.17) is 5.73 Å². The summed E-state index contributed by atoms with van der Waals surface area (Å²) >= 11 is 0. The Labute approximate surface area is 140 Å². The van der Waals surface area contributed by atoms with Gasteiger partial charge in [-0.2, -0.15) is 0 Å². The number of rotatable bonds is 2. The Morgan fingerprint density at radius 2 is 1.50 bits per heavy atom. The number of benzene rings is 3. The third-order valence-corrected chi connectivity index (χ3v) is 4.21. The van der Waals surface area contributed by atoms with Crippen LogP contribution in [-0.2, 0) is 0 Å². The van der Waals surface area contributed by atoms with Gasteiger partial charge in [0.25, 0.3) is 5.91 Å². The Hall–Kier alpha value is -3.27. The number of nitrogens with one attached hydrogen (secondary N) is 1. The molecule has 4 nitrogen and oxygen atoms in total. The van der Waals surface area contributed by atoms with Gasteiger partial charge in [0, 0.05) is 17.1 Å². The van der Waals surface area contributed by atoms with Gasteiger partial charge < -0.3 is 11.1 Å². The first-order valence-electron chi connectivity index (χ1n) is 7.83. The number of nitrogens with zero attached hydrogens (tertiary/aromatic N) is 1. The molecule has 1 aliphatic heterocycles. The number of amides is 1. The van der Waals surface area contributed by atoms with Crippen LogP contribution in [0.1, 0.15) is 22.1 Å². The summed E-state index contributed by atoms with van der Waals surface area (Å²) in [5.74, 6) is -0.0163. The van der Waals surface area contributed by atoms with Crippen LogP contribution in [0.5, 0.6) is 0 Å². The molecule has 4 rings (SSSR count). The Balaban J connectivity index is 1.86. The van der Waals surface area contributed by atoms with Crippen molar-refractivity contribution in [2.45, 2.75) is 6.17 Å². The number of hydrogen-bond acceptors (Lipinski definition) is 3. The van der Waals surface area contributed by atoms with E-state index in [0.717, 1.165) is 16.9 Å². The van der Waals surface area contributed by atoms with Crippen molar-refractivity contribution >= 4 is 23.0 Å². The second kappa shape index (κ2) is 5.74. The SMILES string of the molecule is Nc1ccc(C2Nc3ccccc3C(=O)N2c2ccccc2)cc1. The standard InChI is InChI=1S/C20H17N3O/c21-15-12-10-14(11-13-15)19-22-18-9-5-4-8-17(18)20(24)23(19)16-6-2-1-3-7-16/h1-13,19,22H,21H2. The van der Waals surface area contributed by atoms with E-state index >= 15 is 0 Å². The summed E-state index contributed by atoms with van der Waals surface area (Å²) in [4.78, 5) is 14.9. The van der Waals surface area contributed by atoms with Crippen LogP contribution < -0.4 is 16.0 Å². The second-order valence-corrected chi connectivity index (χ2v) is 5.77. The van der Waals surface area contributed by atoms with Crippen molar-refractivity contribution in [1.29, 1.82) is 0 Å². The summed E-state index contributed by atoms with van der Waals surface area (Å²) < 4.78 is 0. The zero-order chi connectivity index (χ0) is 16.5. The maximum absolute atomic E-state index is 13.1. The molecule has 1 unspecified atom stereocenters. The Kier molecular flexibility index (Phi) is 3.43. The van der Waals surface area contributed by atoms with Crippen LogP contribution in [0.25, 0.3) is 0 Å². The van der Waals surface area contributed by atoms with E-state index in [0.29, 0.717) is 11.3 Å². The fourth-order valence-corrected chi connectivity index (χ4v) is 3.02. The molecule has 0 aromatic heterocycles. The molecule has 24 heavy (non-hydrogen) atoms. The second-order valence-electron chi connectivity index (χ2n) is 5.77. The van der Waals surface area contributed by atoms with Crippen molar-refractivity contribution < 1.29 is 4.79 Å². The van der Waals surface area contributed by atoms with Crippen LogP contribution in [0, 0.1) is 0 Å². The molecule has 3 N–H and O–H groups in total. The van der Waals surface area contributed by atoms with Crippen LogP contribution in [-0.4, -0.2) is 5.91 Å². The van der Waals surface area contributed by atoms with Crippen LogP contribution in [0.4, 0.5) is 17.1 Å². The minimum atomic E-state index is -0.282. The first-order chi connectivity index (χ1) is 11.7. The molecule has 0 bridgehead atoms. The largest absolute Gasteiger partial charge is 0.399 e. The highest BCUT2D eigenvalue weighted by molar-refractivity contribution is 6.12. The molecule has 1 aliphatic rings. The lowest BCUT2D eigenvalue weighted by Gasteiger charge is -2.38. The monoisotopic (exact) mass is 315 g/mol. The van der Waals surface area contributed by atoms with E-state index < -0.39 is 0 Å². The normalized spacial score (nSPS) is 16.4. The molecule has 0 spiro atoms. The van der Waals surface area contributed by atoms with E-state index in [-0.39, 0.29) is 12.1 Å². The molecule has 3 aromatic rings. The number of para-hydroxylation sites is 2. The van der Waals surface area contributed by atoms with E-state index in [1.165, 1.54) is 0 Å². The van der Waals surface area contributed by atoms with Crippen molar-refractivity contribution in [2.75, 3.05) is 16.0 Å². The average Bonchev–Trinajstić information content (AvgIpc) is 2.63. The van der Waals surface area contributed by atoms with Gasteiger partial charge in [0.1, 0.15) is 6.17 Å². The minimum absolute atomic E-state index is 0.0163. The Morgan fingerprint density at radius 3 is 2.25 bits per heavy atom. The lowest BCUT2D eigenvalue weighted by Crippen LogP contribution is -2.43. The molecule has 0 radical (unpaired) electrons. The third-order valence-electron chi connectivity index (χ3n) is 4.21. The molecule has 0 fully saturated rings. The fraction of sp³-hybridized carbons (Fsp3) is 0.0500. The molecule has 1 amide bonds. The minimum Gasteiger partial charge on any atom is -0.399 e. The lowest BCUT2D eigenvalue weighted by molar-refractivity contribution is 0.0975. The third kappa shape index (κ3) is 2.38. The predicted octanol–water partition coefficient (Wildman–Crippen LogP) is 4.04. The summed E-state index contributed by atoms with van der Waals surface area (Å²) in [7, 11) is 0. The molecule has 0 saturated heterocycles. The summed E-state index contributed by atoms with van der Waals surface area (Å²) in [6, 6.07) is 24.9. The van der Waals surface area contributed by atoms with Crippen LogP contribution >= 0.6 is 0 Å². The van der Waals surface area contributed by atoms with Gasteiger partial charge in [0.2, 0.25) is 0 Å². The first-order valence-corrected chi connectivity index (χ1v) is 7.83. The number of anilines is 3. The smallest absolute Gasteiger partial charge is 0.262 e. The quantitative estimate of drug-likeness (QED) is 0.702. The summed E-state index contributed by atoms with van der Waals surface area (Å²) in [5.41, 5.74) is 9.86. The van der Waals surface area contributed by atoms with E-state index in [2.05, 4.69) is 5.32 Å². The Bertz CT molecular complexity index is 875. The molecule has 1 atom stereocenters. The van der Waals surface area contributed by atoms with Gasteiger partial charge in [0.15, 0.2) is 0 Å². The number of nitrogen functional groups attached to an aromatic ring is 1. The van der Waals surface area contributed by atoms with Crippen molar-refractivity contribution in [3.8, 4) is 0 Å². The van der Waals surface area contributed by atoms with E-state index in [9.17, 15) is 4.79 Å². The van der Waals surface area contributed by atoms with Gasteiger partial charge in [-0.25, -0.2) is 0 Å². The molecule has 4 heteroatoms. The van der Waals surface area contributed by atoms with Crippen molar-refractivity contribution in [2.24, 2.45) is 0 Å². The fourth-order valence-electron chi connectivity index (χ4n) is 3.02. The number of fused-ring (bicyclic) bond motifs is 1. The predicted molar refractivity (Wildman–Crippen MR) is 96.9 cm³/mol. The highest BCUT2D eigenvalue weighted by atomic mass is 16.2. The summed E-state index contributed by atoms with van der Waals surface area (Å²) in [5, 5.41) is 3.48. The zero-order valence-electron chi connectivity index (χ0n) is 13.0. The number of nitrogens with two attached hydrogens (primary N) is 1. The van der Waals surface area contributed by atoms with Gasteiger partial charge in [-0.05, 0) is 42.0 Å². The topological polar surface area (TPSA) is 58.4 Å². The van der Waals surface area contributed by atoms with Gasteiger partial charge in [-0.1, -0.05) is 42.5 Å². The molecule has 0 aliphatic carbocycles. The van der Waals surface area contributed by atoms with Gasteiger partial charge >= 0.3 is 0 Å². The molecule has 0 saturated carbocycles. The molecule has 118 valence electrons. The van der Waals surface area contributed by atoms with Crippen LogP contribution in [0.2, 0.25) is 0 Å². The van der Waals surface area contributed by atoms with Crippen molar-refractivity contribution in [1.82, 2.24) is 0 Å². The van der Waals surface area contributed by atoms with Gasteiger partial charge in [-0.3, -0.25) is 9.69 Å². The lowest BCUT2D eigenvalue weighted by atomic mass is 10.0. The molecular formula is C20H17N3O. The van der Waals surface area contributed by atoms with E-state index in [1.807, 2.05) is 78.9 Å². The molecular weight excluding hydrogens is 298 g/mol. The zero-order valence-corrected chi connectivity index (χ0v) is 13.0. The summed E-state index contributed by atoms with van der Waals surface area (Å²) in [6.07, 6.45) is -0.282.